The highest BCUT2D eigenvalue weighted by atomic mass is 32.2. The maximum absolute atomic E-state index is 13.4. The van der Waals surface area contributed by atoms with Crippen LogP contribution in [-0.2, 0) is 35.5 Å². The molecule has 1 saturated heterocycles. The van der Waals surface area contributed by atoms with Gasteiger partial charge in [-0.05, 0) is 77.4 Å². The summed E-state index contributed by atoms with van der Waals surface area (Å²) in [5.41, 5.74) is 5.94. The smallest absolute Gasteiger partial charge is 0.286 e. The Kier molecular flexibility index (Phi) is 11.0. The maximum atomic E-state index is 13.4. The van der Waals surface area contributed by atoms with E-state index in [-0.39, 0.29) is 54.7 Å². The summed E-state index contributed by atoms with van der Waals surface area (Å²) in [6.07, 6.45) is 4.31. The van der Waals surface area contributed by atoms with E-state index < -0.39 is 16.3 Å². The fourth-order valence-electron chi connectivity index (χ4n) is 6.81. The van der Waals surface area contributed by atoms with Crippen LogP contribution in [0.2, 0.25) is 0 Å². The fraction of sp³-hybridized carbons (Fsp3) is 0.405. The van der Waals surface area contributed by atoms with Gasteiger partial charge < -0.3 is 29.5 Å². The summed E-state index contributed by atoms with van der Waals surface area (Å²) in [4.78, 5) is 27.3. The minimum atomic E-state index is -3.93. The molecule has 2 unspecified atom stereocenters. The molecule has 2 N–H and O–H groups in total. The topological polar surface area (TPSA) is 135 Å². The van der Waals surface area contributed by atoms with Crippen LogP contribution in [-0.4, -0.2) is 93.9 Å². The van der Waals surface area contributed by atoms with Crippen molar-refractivity contribution in [2.24, 2.45) is 0 Å². The summed E-state index contributed by atoms with van der Waals surface area (Å²) in [7, 11) is -2.42. The first-order valence-corrected chi connectivity index (χ1v) is 18.2. The van der Waals surface area contributed by atoms with Crippen LogP contribution >= 0.6 is 0 Å². The van der Waals surface area contributed by atoms with E-state index in [1.165, 1.54) is 45.8 Å². The van der Waals surface area contributed by atoms with Crippen molar-refractivity contribution < 1.29 is 37.3 Å². The fourth-order valence-corrected chi connectivity index (χ4v) is 8.23. The Morgan fingerprint density at radius 1 is 1.06 bits per heavy atom. The van der Waals surface area contributed by atoms with Crippen LogP contribution < -0.4 is 10.1 Å². The molecule has 3 aliphatic rings. The van der Waals surface area contributed by atoms with Gasteiger partial charge in [-0.3, -0.25) is 9.59 Å². The van der Waals surface area contributed by atoms with Crippen LogP contribution in [0.5, 0.6) is 5.75 Å². The quantitative estimate of drug-likeness (QED) is 0.180. The van der Waals surface area contributed by atoms with E-state index >= 15 is 0 Å². The molecular weight excluding hydrogens is 646 g/mol. The summed E-state index contributed by atoms with van der Waals surface area (Å²) in [6, 6.07) is 20.6. The van der Waals surface area contributed by atoms with Gasteiger partial charge in [0.25, 0.3) is 5.91 Å². The molecule has 2 amide bonds. The molecule has 3 aromatic carbocycles. The molecule has 12 heteroatoms. The highest BCUT2D eigenvalue weighted by Gasteiger charge is 2.33. The second-order valence-corrected chi connectivity index (χ2v) is 14.3. The SMILES string of the molecule is COc1ccc(S(=O)(=O)N(CCO)CCOC2CC(c3cccc4c3Cc3ccccc3-4)C=C(C(=O)NCCCN3CCCC3=O)O2)cc1. The number of likely N-dealkylation sites (tertiary alicyclic amines) is 1. The zero-order chi connectivity index (χ0) is 34.4. The number of carbonyl (C=O) groups is 2. The van der Waals surface area contributed by atoms with Crippen LogP contribution in [0.1, 0.15) is 48.3 Å². The molecule has 0 spiro atoms. The average molecular weight is 690 g/mol. The first-order chi connectivity index (χ1) is 23.8. The van der Waals surface area contributed by atoms with E-state index in [2.05, 4.69) is 29.6 Å². The van der Waals surface area contributed by atoms with Gasteiger partial charge in [0.1, 0.15) is 5.75 Å². The minimum Gasteiger partial charge on any atom is -0.497 e. The predicted octanol–water partition coefficient (Wildman–Crippen LogP) is 3.81. The summed E-state index contributed by atoms with van der Waals surface area (Å²) in [5.74, 6) is 0.264. The number of hydrogen-bond donors (Lipinski definition) is 2. The number of benzene rings is 3. The van der Waals surface area contributed by atoms with Gasteiger partial charge in [0, 0.05) is 51.5 Å². The minimum absolute atomic E-state index is 0.0239. The molecular formula is C37H43N3O8S. The van der Waals surface area contributed by atoms with Crippen LogP contribution in [0.15, 0.2) is 83.5 Å². The first-order valence-electron chi connectivity index (χ1n) is 16.8. The third kappa shape index (κ3) is 7.83. The molecule has 0 bridgehead atoms. The Bertz CT molecular complexity index is 1790. The number of nitrogens with one attached hydrogen (secondary N) is 1. The summed E-state index contributed by atoms with van der Waals surface area (Å²) < 4.78 is 45.4. The highest BCUT2D eigenvalue weighted by Crippen LogP contribution is 2.43. The lowest BCUT2D eigenvalue weighted by molar-refractivity contribution is -0.146. The van der Waals surface area contributed by atoms with Gasteiger partial charge in [-0.1, -0.05) is 42.5 Å². The number of aliphatic hydroxyl groups excluding tert-OH is 1. The standard InChI is InChI=1S/C37H43N3O8S/c1-46-28-12-14-29(15-13-28)49(44,45)40(19-21-41)20-22-47-36-25-27(31-9-4-10-32-30-8-3-2-7-26(30)23-33(31)32)24-34(48-36)37(43)38-16-6-18-39-17-5-11-35(39)42/h2-4,7-10,12-15,24,27,36,41H,5-6,11,16-23,25H2,1H3,(H,38,43). The number of amides is 2. The van der Waals surface area contributed by atoms with Crippen molar-refractivity contribution in [3.63, 3.8) is 0 Å². The van der Waals surface area contributed by atoms with E-state index in [4.69, 9.17) is 14.2 Å². The molecule has 0 saturated carbocycles. The summed E-state index contributed by atoms with van der Waals surface area (Å²) in [6.45, 7) is 1.20. The predicted molar refractivity (Wildman–Crippen MR) is 183 cm³/mol. The molecule has 260 valence electrons. The first kappa shape index (κ1) is 34.6. The van der Waals surface area contributed by atoms with E-state index in [1.807, 2.05) is 29.2 Å². The molecule has 1 aliphatic carbocycles. The second-order valence-electron chi connectivity index (χ2n) is 12.4. The number of nitrogens with zero attached hydrogens (tertiary/aromatic N) is 2. The Morgan fingerprint density at radius 2 is 1.86 bits per heavy atom. The molecule has 0 aromatic heterocycles. The van der Waals surface area contributed by atoms with Crippen molar-refractivity contribution >= 4 is 21.8 Å². The third-order valence-electron chi connectivity index (χ3n) is 9.32. The largest absolute Gasteiger partial charge is 0.497 e. The third-order valence-corrected chi connectivity index (χ3v) is 11.2. The van der Waals surface area contributed by atoms with Crippen molar-refractivity contribution in [2.75, 3.05) is 53.0 Å². The van der Waals surface area contributed by atoms with Gasteiger partial charge >= 0.3 is 0 Å². The maximum Gasteiger partial charge on any atom is 0.286 e. The van der Waals surface area contributed by atoms with Crippen LogP contribution in [0.25, 0.3) is 11.1 Å². The number of hydrogen-bond acceptors (Lipinski definition) is 8. The lowest BCUT2D eigenvalue weighted by Gasteiger charge is -2.31. The Hall–Kier alpha value is -4.23. The highest BCUT2D eigenvalue weighted by molar-refractivity contribution is 7.89. The number of allylic oxidation sites excluding steroid dienone is 1. The van der Waals surface area contributed by atoms with Gasteiger partial charge in [0.05, 0.1) is 25.2 Å². The van der Waals surface area contributed by atoms with Crippen LogP contribution in [0.4, 0.5) is 0 Å². The van der Waals surface area contributed by atoms with Crippen molar-refractivity contribution in [2.45, 2.75) is 49.2 Å². The van der Waals surface area contributed by atoms with Gasteiger partial charge in [-0.2, -0.15) is 4.31 Å². The molecule has 1 fully saturated rings. The second kappa shape index (κ2) is 15.5. The molecule has 6 rings (SSSR count). The number of sulfonamides is 1. The molecule has 49 heavy (non-hydrogen) atoms. The van der Waals surface area contributed by atoms with Gasteiger partial charge in [0.2, 0.25) is 22.2 Å². The Balaban J connectivity index is 1.16. The molecule has 2 atom stereocenters. The van der Waals surface area contributed by atoms with E-state index in [0.29, 0.717) is 38.1 Å². The normalized spacial score (nSPS) is 18.6. The van der Waals surface area contributed by atoms with Crippen LogP contribution in [0.3, 0.4) is 0 Å². The average Bonchev–Trinajstić information content (AvgIpc) is 3.72. The molecule has 2 aliphatic heterocycles. The number of methoxy groups -OCH3 is 1. The van der Waals surface area contributed by atoms with Gasteiger partial charge in [0.15, 0.2) is 5.76 Å². The van der Waals surface area contributed by atoms with Gasteiger partial charge in [-0.25, -0.2) is 8.42 Å². The lowest BCUT2D eigenvalue weighted by atomic mass is 9.87. The Morgan fingerprint density at radius 3 is 2.61 bits per heavy atom. The molecule has 3 aromatic rings. The van der Waals surface area contributed by atoms with E-state index in [9.17, 15) is 23.1 Å². The summed E-state index contributed by atoms with van der Waals surface area (Å²) >= 11 is 0. The number of rotatable bonds is 15. The van der Waals surface area contributed by atoms with Crippen molar-refractivity contribution in [3.8, 4) is 16.9 Å². The lowest BCUT2D eigenvalue weighted by Crippen LogP contribution is -2.38. The number of carbonyl (C=O) groups excluding carboxylic acids is 2. The van der Waals surface area contributed by atoms with Crippen molar-refractivity contribution in [3.05, 3.63) is 95.3 Å². The Labute approximate surface area is 287 Å². The zero-order valence-corrected chi connectivity index (χ0v) is 28.5. The number of ether oxygens (including phenoxy) is 3. The molecule has 2 heterocycles. The molecule has 0 radical (unpaired) electrons. The van der Waals surface area contributed by atoms with E-state index in [0.717, 1.165) is 24.9 Å². The van der Waals surface area contributed by atoms with Crippen molar-refractivity contribution in [1.29, 1.82) is 0 Å². The monoisotopic (exact) mass is 689 g/mol. The van der Waals surface area contributed by atoms with E-state index in [1.54, 1.807) is 12.1 Å². The number of aliphatic hydroxyl groups is 1. The van der Waals surface area contributed by atoms with Crippen molar-refractivity contribution in [1.82, 2.24) is 14.5 Å². The number of fused-ring (bicyclic) bond motifs is 3. The van der Waals surface area contributed by atoms with Gasteiger partial charge in [-0.15, -0.1) is 0 Å². The van der Waals surface area contributed by atoms with Crippen LogP contribution in [0, 0.1) is 0 Å². The zero-order valence-electron chi connectivity index (χ0n) is 27.7. The summed E-state index contributed by atoms with van der Waals surface area (Å²) in [5, 5.41) is 12.6. The molecule has 11 nitrogen and oxygen atoms in total.